The summed E-state index contributed by atoms with van der Waals surface area (Å²) >= 11 is 0. The first-order valence-electron chi connectivity index (χ1n) is 9.59. The monoisotopic (exact) mass is 398 g/mol. The van der Waals surface area contributed by atoms with Crippen LogP contribution in [0, 0.1) is 0 Å². The van der Waals surface area contributed by atoms with E-state index in [1.165, 1.54) is 0 Å². The average Bonchev–Trinajstić information content (AvgIpc) is 2.72. The van der Waals surface area contributed by atoms with Crippen molar-refractivity contribution in [2.45, 2.75) is 44.8 Å². The summed E-state index contributed by atoms with van der Waals surface area (Å²) < 4.78 is 5.21. The number of rotatable bonds is 11. The first kappa shape index (κ1) is 21.9. The summed E-state index contributed by atoms with van der Waals surface area (Å²) in [5.74, 6) is -1.18. The van der Waals surface area contributed by atoms with Crippen LogP contribution in [0.25, 0.3) is 0 Å². The molecule has 1 unspecified atom stereocenters. The molecule has 0 fully saturated rings. The molecule has 0 spiro atoms. The van der Waals surface area contributed by atoms with E-state index in [4.69, 9.17) is 9.84 Å². The Bertz CT molecular complexity index is 780. The Hall–Kier alpha value is -3.35. The molecular weight excluding hydrogens is 372 g/mol. The molecule has 0 aromatic heterocycles. The Balaban J connectivity index is 1.88. The van der Waals surface area contributed by atoms with E-state index in [0.717, 1.165) is 5.56 Å². The lowest BCUT2D eigenvalue weighted by Crippen LogP contribution is -2.44. The fraction of sp³-hybridized carbons (Fsp3) is 0.318. The molecule has 7 heteroatoms. The molecule has 3 N–H and O–H groups in total. The number of alkyl carbamates (subject to hydrolysis) is 1. The summed E-state index contributed by atoms with van der Waals surface area (Å²) in [6, 6.07) is 17.5. The predicted octanol–water partition coefficient (Wildman–Crippen LogP) is 3.96. The first-order valence-corrected chi connectivity index (χ1v) is 9.59. The van der Waals surface area contributed by atoms with Crippen molar-refractivity contribution in [3.05, 3.63) is 66.2 Å². The topological polar surface area (TPSA) is 105 Å². The van der Waals surface area contributed by atoms with Crippen LogP contribution in [0.4, 0.5) is 10.5 Å². The van der Waals surface area contributed by atoms with Gasteiger partial charge in [0.25, 0.3) is 0 Å². The van der Waals surface area contributed by atoms with Gasteiger partial charge in [0, 0.05) is 12.1 Å². The molecule has 29 heavy (non-hydrogen) atoms. The zero-order valence-electron chi connectivity index (χ0n) is 16.2. The number of hydrogen-bond donors (Lipinski definition) is 3. The lowest BCUT2D eigenvalue weighted by atomic mass is 10.1. The maximum atomic E-state index is 12.6. The van der Waals surface area contributed by atoms with Crippen LogP contribution in [0.3, 0.4) is 0 Å². The largest absolute Gasteiger partial charge is 0.481 e. The minimum atomic E-state index is -0.842. The van der Waals surface area contributed by atoms with Crippen molar-refractivity contribution < 1.29 is 24.2 Å². The zero-order chi connectivity index (χ0) is 20.9. The number of nitrogens with one attached hydrogen (secondary N) is 2. The van der Waals surface area contributed by atoms with Gasteiger partial charge in [-0.05, 0) is 30.5 Å². The van der Waals surface area contributed by atoms with Crippen molar-refractivity contribution >= 4 is 23.7 Å². The van der Waals surface area contributed by atoms with E-state index in [1.54, 1.807) is 24.3 Å². The summed E-state index contributed by atoms with van der Waals surface area (Å²) in [4.78, 5) is 35.4. The lowest BCUT2D eigenvalue weighted by Gasteiger charge is -2.18. The molecule has 154 valence electrons. The van der Waals surface area contributed by atoms with Crippen LogP contribution in [0.1, 0.15) is 37.7 Å². The van der Waals surface area contributed by atoms with E-state index in [2.05, 4.69) is 10.6 Å². The fourth-order valence-corrected chi connectivity index (χ4v) is 2.73. The van der Waals surface area contributed by atoms with Gasteiger partial charge in [0.05, 0.1) is 0 Å². The molecule has 2 rings (SSSR count). The number of amides is 2. The standard InChI is InChI=1S/C22H26N2O5/c25-20(26)15-9-3-8-14-19(21(27)23-18-12-6-2-7-13-18)24-22(28)29-16-17-10-4-1-5-11-17/h1-2,4-7,10-13,19H,3,8-9,14-16H2,(H,23,27)(H,24,28)(H,25,26). The van der Waals surface area contributed by atoms with Crippen LogP contribution in [0.15, 0.2) is 60.7 Å². The smallest absolute Gasteiger partial charge is 0.408 e. The number of carboxylic acid groups (broad SMARTS) is 1. The fourth-order valence-electron chi connectivity index (χ4n) is 2.73. The number of carboxylic acids is 1. The minimum Gasteiger partial charge on any atom is -0.481 e. The SMILES string of the molecule is O=C(O)CCCCCC(NC(=O)OCc1ccccc1)C(=O)Nc1ccccc1. The molecule has 7 nitrogen and oxygen atoms in total. The predicted molar refractivity (Wildman–Crippen MR) is 109 cm³/mol. The number of carbonyl (C=O) groups excluding carboxylic acids is 2. The Morgan fingerprint density at radius 1 is 0.897 bits per heavy atom. The molecule has 0 saturated carbocycles. The zero-order valence-corrected chi connectivity index (χ0v) is 16.2. The summed E-state index contributed by atoms with van der Waals surface area (Å²) in [7, 11) is 0. The van der Waals surface area contributed by atoms with Gasteiger partial charge in [0.1, 0.15) is 12.6 Å². The highest BCUT2D eigenvalue weighted by molar-refractivity contribution is 5.96. The summed E-state index contributed by atoms with van der Waals surface area (Å²) in [6.45, 7) is 0.109. The van der Waals surface area contributed by atoms with Gasteiger partial charge >= 0.3 is 12.1 Å². The maximum absolute atomic E-state index is 12.6. The van der Waals surface area contributed by atoms with Gasteiger partial charge in [-0.25, -0.2) is 4.79 Å². The highest BCUT2D eigenvalue weighted by atomic mass is 16.5. The Morgan fingerprint density at radius 2 is 1.55 bits per heavy atom. The maximum Gasteiger partial charge on any atom is 0.408 e. The summed E-state index contributed by atoms with van der Waals surface area (Å²) in [6.07, 6.45) is 1.60. The van der Waals surface area contributed by atoms with E-state index in [9.17, 15) is 14.4 Å². The van der Waals surface area contributed by atoms with E-state index in [-0.39, 0.29) is 18.9 Å². The number of benzene rings is 2. The molecule has 1 atom stereocenters. The second-order valence-electron chi connectivity index (χ2n) is 6.61. The third-order valence-corrected chi connectivity index (χ3v) is 4.25. The van der Waals surface area contributed by atoms with Gasteiger partial charge in [-0.15, -0.1) is 0 Å². The molecule has 0 saturated heterocycles. The second-order valence-corrected chi connectivity index (χ2v) is 6.61. The number of para-hydroxylation sites is 1. The van der Waals surface area contributed by atoms with Crippen molar-refractivity contribution in [1.29, 1.82) is 0 Å². The molecule has 0 aliphatic carbocycles. The van der Waals surface area contributed by atoms with Crippen molar-refractivity contribution in [1.82, 2.24) is 5.32 Å². The Labute approximate surface area is 170 Å². The van der Waals surface area contributed by atoms with Gasteiger partial charge in [0.15, 0.2) is 0 Å². The Kier molecular flexibility index (Phi) is 9.21. The van der Waals surface area contributed by atoms with Gasteiger partial charge in [-0.2, -0.15) is 0 Å². The molecule has 0 aliphatic heterocycles. The average molecular weight is 398 g/mol. The van der Waals surface area contributed by atoms with Gasteiger partial charge in [0.2, 0.25) is 5.91 Å². The molecule has 2 aromatic rings. The van der Waals surface area contributed by atoms with Crippen LogP contribution in [0.5, 0.6) is 0 Å². The number of carbonyl (C=O) groups is 3. The third-order valence-electron chi connectivity index (χ3n) is 4.25. The quantitative estimate of drug-likeness (QED) is 0.497. The van der Waals surface area contributed by atoms with Crippen LogP contribution in [-0.4, -0.2) is 29.1 Å². The summed E-state index contributed by atoms with van der Waals surface area (Å²) in [5.41, 5.74) is 1.48. The van der Waals surface area contributed by atoms with Crippen LogP contribution >= 0.6 is 0 Å². The van der Waals surface area contributed by atoms with E-state index in [0.29, 0.717) is 31.4 Å². The number of aliphatic carboxylic acids is 1. The first-order chi connectivity index (χ1) is 14.0. The normalized spacial score (nSPS) is 11.3. The van der Waals surface area contributed by atoms with Crippen molar-refractivity contribution in [3.8, 4) is 0 Å². The third kappa shape index (κ3) is 8.92. The number of anilines is 1. The number of ether oxygens (including phenoxy) is 1. The highest BCUT2D eigenvalue weighted by Crippen LogP contribution is 2.11. The summed E-state index contributed by atoms with van der Waals surface area (Å²) in [5, 5.41) is 14.1. The number of unbranched alkanes of at least 4 members (excludes halogenated alkanes) is 2. The van der Waals surface area contributed by atoms with E-state index in [1.807, 2.05) is 36.4 Å². The van der Waals surface area contributed by atoms with Gasteiger partial charge in [-0.3, -0.25) is 9.59 Å². The molecular formula is C22H26N2O5. The lowest BCUT2D eigenvalue weighted by molar-refractivity contribution is -0.137. The van der Waals surface area contributed by atoms with Crippen LogP contribution in [-0.2, 0) is 20.9 Å². The van der Waals surface area contributed by atoms with Gasteiger partial charge < -0.3 is 20.5 Å². The molecule has 0 heterocycles. The van der Waals surface area contributed by atoms with Crippen molar-refractivity contribution in [3.63, 3.8) is 0 Å². The van der Waals surface area contributed by atoms with Gasteiger partial charge in [-0.1, -0.05) is 61.4 Å². The molecule has 0 radical (unpaired) electrons. The Morgan fingerprint density at radius 3 is 2.21 bits per heavy atom. The molecule has 0 bridgehead atoms. The second kappa shape index (κ2) is 12.2. The van der Waals surface area contributed by atoms with E-state index >= 15 is 0 Å². The van der Waals surface area contributed by atoms with Crippen molar-refractivity contribution in [2.24, 2.45) is 0 Å². The highest BCUT2D eigenvalue weighted by Gasteiger charge is 2.21. The van der Waals surface area contributed by atoms with E-state index < -0.39 is 18.1 Å². The minimum absolute atomic E-state index is 0.0907. The molecule has 2 aromatic carbocycles. The van der Waals surface area contributed by atoms with Crippen LogP contribution < -0.4 is 10.6 Å². The van der Waals surface area contributed by atoms with Crippen LogP contribution in [0.2, 0.25) is 0 Å². The number of hydrogen-bond acceptors (Lipinski definition) is 4. The molecule has 2 amide bonds. The van der Waals surface area contributed by atoms with Crippen molar-refractivity contribution in [2.75, 3.05) is 5.32 Å². The molecule has 0 aliphatic rings.